The summed E-state index contributed by atoms with van der Waals surface area (Å²) in [6, 6.07) is 10.3. The molecule has 1 saturated heterocycles. The number of furan rings is 1. The summed E-state index contributed by atoms with van der Waals surface area (Å²) in [7, 11) is 2.14. The van der Waals surface area contributed by atoms with Crippen molar-refractivity contribution in [2.24, 2.45) is 0 Å². The maximum atomic E-state index is 10.4. The van der Waals surface area contributed by atoms with E-state index in [0.717, 1.165) is 30.6 Å². The molecule has 2 aromatic rings. The zero-order valence-corrected chi connectivity index (χ0v) is 12.1. The van der Waals surface area contributed by atoms with Crippen molar-refractivity contribution in [3.05, 3.63) is 36.1 Å². The van der Waals surface area contributed by atoms with Gasteiger partial charge in [0.2, 0.25) is 0 Å². The molecule has 20 heavy (non-hydrogen) atoms. The number of aliphatic hydroxyl groups excluding tert-OH is 1. The Kier molecular flexibility index (Phi) is 3.78. The Morgan fingerprint density at radius 2 is 2.15 bits per heavy atom. The van der Waals surface area contributed by atoms with Crippen molar-refractivity contribution in [2.75, 3.05) is 33.2 Å². The molecule has 0 amide bonds. The zero-order valence-electron chi connectivity index (χ0n) is 12.1. The molecule has 3 rings (SSSR count). The van der Waals surface area contributed by atoms with Gasteiger partial charge in [-0.3, -0.25) is 4.90 Å². The molecule has 2 atom stereocenters. The van der Waals surface area contributed by atoms with Crippen molar-refractivity contribution < 1.29 is 9.52 Å². The number of piperazine rings is 1. The van der Waals surface area contributed by atoms with Crippen LogP contribution in [0.25, 0.3) is 11.0 Å². The molecule has 1 aromatic carbocycles. The number of rotatable bonds is 3. The van der Waals surface area contributed by atoms with E-state index in [2.05, 4.69) is 23.8 Å². The molecule has 2 unspecified atom stereocenters. The van der Waals surface area contributed by atoms with Gasteiger partial charge in [-0.05, 0) is 26.1 Å². The summed E-state index contributed by atoms with van der Waals surface area (Å²) in [4.78, 5) is 4.66. The number of aliphatic hydroxyl groups is 1. The van der Waals surface area contributed by atoms with Crippen LogP contribution in [0.4, 0.5) is 0 Å². The van der Waals surface area contributed by atoms with Crippen LogP contribution in [0.5, 0.6) is 0 Å². The lowest BCUT2D eigenvalue weighted by Gasteiger charge is -2.38. The van der Waals surface area contributed by atoms with Gasteiger partial charge in [0.1, 0.15) is 17.4 Å². The van der Waals surface area contributed by atoms with E-state index in [-0.39, 0.29) is 0 Å². The third-order valence-corrected chi connectivity index (χ3v) is 4.15. The Balaban J connectivity index is 1.71. The van der Waals surface area contributed by atoms with Crippen LogP contribution in [-0.4, -0.2) is 54.2 Å². The number of nitrogens with zero attached hydrogens (tertiary/aromatic N) is 2. The lowest BCUT2D eigenvalue weighted by atomic mass is 10.1. The minimum absolute atomic E-state index is 0.466. The summed E-state index contributed by atoms with van der Waals surface area (Å²) in [5, 5.41) is 11.5. The number of likely N-dealkylation sites (N-methyl/N-ethyl adjacent to an activating group) is 1. The molecular formula is C16H22N2O2. The number of fused-ring (bicyclic) bond motifs is 1. The van der Waals surface area contributed by atoms with E-state index in [1.807, 2.05) is 30.3 Å². The van der Waals surface area contributed by atoms with Crippen LogP contribution in [-0.2, 0) is 0 Å². The molecule has 2 heterocycles. The standard InChI is InChI=1S/C16H22N2O2/c1-12-10-17(2)7-8-18(12)11-14(19)16-9-13-5-3-4-6-15(13)20-16/h3-6,9,12,14,19H,7-8,10-11H2,1-2H3. The monoisotopic (exact) mass is 274 g/mol. The smallest absolute Gasteiger partial charge is 0.135 e. The van der Waals surface area contributed by atoms with Crippen molar-refractivity contribution in [1.29, 1.82) is 0 Å². The molecule has 4 nitrogen and oxygen atoms in total. The predicted octanol–water partition coefficient (Wildman–Crippen LogP) is 2.10. The summed E-state index contributed by atoms with van der Waals surface area (Å²) in [6.07, 6.45) is -0.562. The third-order valence-electron chi connectivity index (χ3n) is 4.15. The largest absolute Gasteiger partial charge is 0.458 e. The number of hydrogen-bond acceptors (Lipinski definition) is 4. The van der Waals surface area contributed by atoms with Gasteiger partial charge in [0.25, 0.3) is 0 Å². The molecule has 0 radical (unpaired) electrons. The van der Waals surface area contributed by atoms with Crippen molar-refractivity contribution in [1.82, 2.24) is 9.80 Å². The lowest BCUT2D eigenvalue weighted by Crippen LogP contribution is -2.51. The minimum atomic E-state index is -0.562. The van der Waals surface area contributed by atoms with E-state index in [1.165, 1.54) is 0 Å². The molecule has 1 aliphatic heterocycles. The second-order valence-corrected chi connectivity index (χ2v) is 5.81. The number of β-amino-alcohol motifs (C(OH)–C–C–N with tert-alkyl or cyclic N) is 1. The Hall–Kier alpha value is -1.36. The molecule has 1 N–H and O–H groups in total. The van der Waals surface area contributed by atoms with Crippen molar-refractivity contribution >= 4 is 11.0 Å². The molecule has 1 aliphatic rings. The summed E-state index contributed by atoms with van der Waals surface area (Å²) in [6.45, 7) is 5.94. The second-order valence-electron chi connectivity index (χ2n) is 5.81. The predicted molar refractivity (Wildman–Crippen MR) is 79.7 cm³/mol. The van der Waals surface area contributed by atoms with Crippen LogP contribution in [0.2, 0.25) is 0 Å². The van der Waals surface area contributed by atoms with E-state index < -0.39 is 6.10 Å². The fourth-order valence-corrected chi connectivity index (χ4v) is 2.93. The van der Waals surface area contributed by atoms with E-state index in [4.69, 9.17) is 4.42 Å². The van der Waals surface area contributed by atoms with Crippen molar-refractivity contribution in [3.8, 4) is 0 Å². The highest BCUT2D eigenvalue weighted by Gasteiger charge is 2.25. The number of benzene rings is 1. The molecule has 1 aromatic heterocycles. The molecular weight excluding hydrogens is 252 g/mol. The Morgan fingerprint density at radius 3 is 2.90 bits per heavy atom. The first-order valence-corrected chi connectivity index (χ1v) is 7.22. The van der Waals surface area contributed by atoms with Crippen LogP contribution in [0.15, 0.2) is 34.7 Å². The lowest BCUT2D eigenvalue weighted by molar-refractivity contribution is 0.0395. The second kappa shape index (κ2) is 5.56. The van der Waals surface area contributed by atoms with Crippen LogP contribution in [0.3, 0.4) is 0 Å². The van der Waals surface area contributed by atoms with Crippen molar-refractivity contribution in [3.63, 3.8) is 0 Å². The highest BCUT2D eigenvalue weighted by molar-refractivity contribution is 5.77. The van der Waals surface area contributed by atoms with Crippen LogP contribution in [0.1, 0.15) is 18.8 Å². The van der Waals surface area contributed by atoms with E-state index in [9.17, 15) is 5.11 Å². The zero-order chi connectivity index (χ0) is 14.1. The fraction of sp³-hybridized carbons (Fsp3) is 0.500. The van der Waals surface area contributed by atoms with Gasteiger partial charge < -0.3 is 14.4 Å². The van der Waals surface area contributed by atoms with Gasteiger partial charge in [0, 0.05) is 37.6 Å². The minimum Gasteiger partial charge on any atom is -0.458 e. The van der Waals surface area contributed by atoms with E-state index >= 15 is 0 Å². The molecule has 0 bridgehead atoms. The van der Waals surface area contributed by atoms with Gasteiger partial charge >= 0.3 is 0 Å². The molecule has 0 aliphatic carbocycles. The van der Waals surface area contributed by atoms with Gasteiger partial charge in [-0.15, -0.1) is 0 Å². The van der Waals surface area contributed by atoms with Crippen LogP contribution < -0.4 is 0 Å². The van der Waals surface area contributed by atoms with Crippen molar-refractivity contribution in [2.45, 2.75) is 19.1 Å². The normalized spacial score (nSPS) is 23.2. The van der Waals surface area contributed by atoms with E-state index in [1.54, 1.807) is 0 Å². The Morgan fingerprint density at radius 1 is 1.35 bits per heavy atom. The fourth-order valence-electron chi connectivity index (χ4n) is 2.93. The van der Waals surface area contributed by atoms with E-state index in [0.29, 0.717) is 18.3 Å². The summed E-state index contributed by atoms with van der Waals surface area (Å²) in [5.41, 5.74) is 0.841. The van der Waals surface area contributed by atoms with Gasteiger partial charge in [0.05, 0.1) is 0 Å². The molecule has 108 valence electrons. The quantitative estimate of drug-likeness (QED) is 0.930. The third kappa shape index (κ3) is 2.73. The molecule has 0 saturated carbocycles. The van der Waals surface area contributed by atoms with Crippen LogP contribution >= 0.6 is 0 Å². The molecule has 4 heteroatoms. The van der Waals surface area contributed by atoms with Gasteiger partial charge in [-0.1, -0.05) is 18.2 Å². The maximum Gasteiger partial charge on any atom is 0.135 e. The topological polar surface area (TPSA) is 39.9 Å². The Bertz CT molecular complexity index is 548. The van der Waals surface area contributed by atoms with Gasteiger partial charge in [-0.2, -0.15) is 0 Å². The Labute approximate surface area is 119 Å². The summed E-state index contributed by atoms with van der Waals surface area (Å²) < 4.78 is 5.74. The number of hydrogen-bond donors (Lipinski definition) is 1. The first kappa shape index (κ1) is 13.6. The average Bonchev–Trinajstić information content (AvgIpc) is 2.86. The molecule has 0 spiro atoms. The highest BCUT2D eigenvalue weighted by Crippen LogP contribution is 2.25. The first-order valence-electron chi connectivity index (χ1n) is 7.22. The summed E-state index contributed by atoms with van der Waals surface area (Å²) >= 11 is 0. The highest BCUT2D eigenvalue weighted by atomic mass is 16.4. The molecule has 1 fully saturated rings. The van der Waals surface area contributed by atoms with Crippen LogP contribution in [0, 0.1) is 0 Å². The van der Waals surface area contributed by atoms with Gasteiger partial charge in [0.15, 0.2) is 0 Å². The van der Waals surface area contributed by atoms with Gasteiger partial charge in [-0.25, -0.2) is 0 Å². The first-order chi connectivity index (χ1) is 9.63. The maximum absolute atomic E-state index is 10.4. The summed E-state index contributed by atoms with van der Waals surface area (Å²) in [5.74, 6) is 0.664. The SMILES string of the molecule is CC1CN(C)CCN1CC(O)c1cc2ccccc2o1. The number of para-hydroxylation sites is 1. The average molecular weight is 274 g/mol.